The van der Waals surface area contributed by atoms with E-state index in [9.17, 15) is 18.0 Å². The van der Waals surface area contributed by atoms with Gasteiger partial charge in [0, 0.05) is 18.2 Å². The van der Waals surface area contributed by atoms with Crippen LogP contribution in [-0.2, 0) is 17.4 Å². The lowest BCUT2D eigenvalue weighted by molar-refractivity contribution is -0.137. The maximum Gasteiger partial charge on any atom is 0.416 e. The van der Waals surface area contributed by atoms with Gasteiger partial charge in [-0.2, -0.15) is 13.2 Å². The molecule has 0 bridgehead atoms. The SMILES string of the molecule is CC(Cc1cccc(C(F)(F)F)c1)C(=O)Nc1ccc(OCCN)cc1.Cl. The van der Waals surface area contributed by atoms with E-state index in [1.807, 2.05) is 0 Å². The van der Waals surface area contributed by atoms with Crippen molar-refractivity contribution < 1.29 is 22.7 Å². The van der Waals surface area contributed by atoms with Crippen molar-refractivity contribution in [3.63, 3.8) is 0 Å². The largest absolute Gasteiger partial charge is 0.492 e. The molecule has 0 aliphatic rings. The number of nitrogens with one attached hydrogen (secondary N) is 1. The smallest absolute Gasteiger partial charge is 0.416 e. The molecule has 4 nitrogen and oxygen atoms in total. The van der Waals surface area contributed by atoms with E-state index in [0.29, 0.717) is 30.2 Å². The van der Waals surface area contributed by atoms with Crippen molar-refractivity contribution >= 4 is 24.0 Å². The lowest BCUT2D eigenvalue weighted by atomic mass is 9.98. The first-order valence-corrected chi connectivity index (χ1v) is 8.19. The number of alkyl halides is 3. The van der Waals surface area contributed by atoms with E-state index in [2.05, 4.69) is 5.32 Å². The predicted molar refractivity (Wildman–Crippen MR) is 101 cm³/mol. The molecule has 0 spiro atoms. The molecule has 0 saturated heterocycles. The molecule has 0 heterocycles. The van der Waals surface area contributed by atoms with Gasteiger partial charge in [0.05, 0.1) is 5.56 Å². The molecule has 0 aliphatic heterocycles. The lowest BCUT2D eigenvalue weighted by Gasteiger charge is -2.14. The fraction of sp³-hybridized carbons (Fsp3) is 0.316. The molecule has 8 heteroatoms. The number of hydrogen-bond acceptors (Lipinski definition) is 3. The van der Waals surface area contributed by atoms with Gasteiger partial charge in [-0.3, -0.25) is 4.79 Å². The first kappa shape index (κ1) is 22.8. The summed E-state index contributed by atoms with van der Waals surface area (Å²) >= 11 is 0. The molecular formula is C19H22ClF3N2O2. The Morgan fingerprint density at radius 3 is 2.44 bits per heavy atom. The normalized spacial score (nSPS) is 12.0. The van der Waals surface area contributed by atoms with Crippen LogP contribution in [0.25, 0.3) is 0 Å². The third-order valence-electron chi connectivity index (χ3n) is 3.75. The monoisotopic (exact) mass is 402 g/mol. The Morgan fingerprint density at radius 2 is 1.85 bits per heavy atom. The zero-order chi connectivity index (χ0) is 19.2. The zero-order valence-corrected chi connectivity index (χ0v) is 15.6. The maximum atomic E-state index is 12.8. The fourth-order valence-corrected chi connectivity index (χ4v) is 2.40. The molecule has 2 rings (SSSR count). The molecule has 1 atom stereocenters. The number of carbonyl (C=O) groups is 1. The van der Waals surface area contributed by atoms with Crippen molar-refractivity contribution in [1.29, 1.82) is 0 Å². The summed E-state index contributed by atoms with van der Waals surface area (Å²) in [6.45, 7) is 2.49. The zero-order valence-electron chi connectivity index (χ0n) is 14.8. The van der Waals surface area contributed by atoms with Crippen molar-refractivity contribution in [3.05, 3.63) is 59.7 Å². The minimum atomic E-state index is -4.39. The minimum absolute atomic E-state index is 0. The second-order valence-electron chi connectivity index (χ2n) is 5.95. The lowest BCUT2D eigenvalue weighted by Crippen LogP contribution is -2.22. The number of halogens is 4. The van der Waals surface area contributed by atoms with Gasteiger partial charge >= 0.3 is 6.18 Å². The topological polar surface area (TPSA) is 64.3 Å². The number of benzene rings is 2. The summed E-state index contributed by atoms with van der Waals surface area (Å²) in [7, 11) is 0. The highest BCUT2D eigenvalue weighted by molar-refractivity contribution is 5.92. The van der Waals surface area contributed by atoms with Gasteiger partial charge in [0.2, 0.25) is 5.91 Å². The summed E-state index contributed by atoms with van der Waals surface area (Å²) in [4.78, 5) is 12.3. The molecule has 148 valence electrons. The molecule has 0 aliphatic carbocycles. The number of anilines is 1. The standard InChI is InChI=1S/C19H21F3N2O2.ClH/c1-13(11-14-3-2-4-15(12-14)19(20,21)22)18(25)24-16-5-7-17(8-6-16)26-10-9-23;/h2-8,12-13H,9-11,23H2,1H3,(H,24,25);1H. The van der Waals surface area contributed by atoms with E-state index in [1.54, 1.807) is 37.3 Å². The van der Waals surface area contributed by atoms with Crippen LogP contribution in [0.4, 0.5) is 18.9 Å². The average molecular weight is 403 g/mol. The van der Waals surface area contributed by atoms with Gasteiger partial charge in [0.25, 0.3) is 0 Å². The van der Waals surface area contributed by atoms with Crippen molar-refractivity contribution in [1.82, 2.24) is 0 Å². The molecule has 2 aromatic carbocycles. The van der Waals surface area contributed by atoms with Gasteiger partial charge in [-0.1, -0.05) is 25.1 Å². The summed E-state index contributed by atoms with van der Waals surface area (Å²) < 4.78 is 43.6. The van der Waals surface area contributed by atoms with E-state index >= 15 is 0 Å². The summed E-state index contributed by atoms with van der Waals surface area (Å²) in [5, 5.41) is 2.75. The molecule has 27 heavy (non-hydrogen) atoms. The Morgan fingerprint density at radius 1 is 1.19 bits per heavy atom. The molecule has 1 unspecified atom stereocenters. The highest BCUT2D eigenvalue weighted by atomic mass is 35.5. The molecule has 0 aromatic heterocycles. The van der Waals surface area contributed by atoms with Crippen molar-refractivity contribution in [3.8, 4) is 5.75 Å². The molecule has 1 amide bonds. The maximum absolute atomic E-state index is 12.8. The Hall–Kier alpha value is -2.25. The van der Waals surface area contributed by atoms with Crippen LogP contribution >= 0.6 is 12.4 Å². The second kappa shape index (κ2) is 10.2. The van der Waals surface area contributed by atoms with E-state index in [0.717, 1.165) is 12.1 Å². The second-order valence-corrected chi connectivity index (χ2v) is 5.95. The third-order valence-corrected chi connectivity index (χ3v) is 3.75. The van der Waals surface area contributed by atoms with Crippen LogP contribution in [0.1, 0.15) is 18.1 Å². The molecule has 0 saturated carbocycles. The predicted octanol–water partition coefficient (Wildman–Crippen LogP) is 4.28. The van der Waals surface area contributed by atoms with Crippen LogP contribution < -0.4 is 15.8 Å². The Labute approximate surface area is 162 Å². The Bertz CT molecular complexity index is 736. The summed E-state index contributed by atoms with van der Waals surface area (Å²) in [6.07, 6.45) is -4.18. The van der Waals surface area contributed by atoms with Gasteiger partial charge in [-0.25, -0.2) is 0 Å². The molecule has 0 fully saturated rings. The molecule has 2 aromatic rings. The van der Waals surface area contributed by atoms with Crippen LogP contribution in [0.3, 0.4) is 0 Å². The summed E-state index contributed by atoms with van der Waals surface area (Å²) in [6, 6.07) is 11.8. The number of rotatable bonds is 7. The quantitative estimate of drug-likeness (QED) is 0.726. The first-order valence-electron chi connectivity index (χ1n) is 8.19. The molecule has 3 N–H and O–H groups in total. The van der Waals surface area contributed by atoms with Crippen LogP contribution in [-0.4, -0.2) is 19.1 Å². The summed E-state index contributed by atoms with van der Waals surface area (Å²) in [5.41, 5.74) is 5.70. The molecule has 0 radical (unpaired) electrons. The Kier molecular flexibility index (Phi) is 8.59. The van der Waals surface area contributed by atoms with Crippen LogP contribution in [0.2, 0.25) is 0 Å². The van der Waals surface area contributed by atoms with Crippen molar-refractivity contribution in [2.24, 2.45) is 11.7 Å². The fourth-order valence-electron chi connectivity index (χ4n) is 2.40. The van der Waals surface area contributed by atoms with Gasteiger partial charge < -0.3 is 15.8 Å². The first-order chi connectivity index (χ1) is 12.3. The number of nitrogens with two attached hydrogens (primary N) is 1. The number of amides is 1. The van der Waals surface area contributed by atoms with Gasteiger partial charge in [-0.05, 0) is 42.3 Å². The van der Waals surface area contributed by atoms with Gasteiger partial charge in [0.15, 0.2) is 0 Å². The average Bonchev–Trinajstić information content (AvgIpc) is 2.60. The van der Waals surface area contributed by atoms with E-state index < -0.39 is 17.7 Å². The highest BCUT2D eigenvalue weighted by Gasteiger charge is 2.30. The number of ether oxygens (including phenoxy) is 1. The van der Waals surface area contributed by atoms with Gasteiger partial charge in [0.1, 0.15) is 12.4 Å². The van der Waals surface area contributed by atoms with Crippen LogP contribution in [0, 0.1) is 5.92 Å². The Balaban J connectivity index is 0.00000364. The number of hydrogen-bond donors (Lipinski definition) is 2. The number of carbonyl (C=O) groups excluding carboxylic acids is 1. The molecular weight excluding hydrogens is 381 g/mol. The van der Waals surface area contributed by atoms with Gasteiger partial charge in [-0.15, -0.1) is 12.4 Å². The highest BCUT2D eigenvalue weighted by Crippen LogP contribution is 2.30. The minimum Gasteiger partial charge on any atom is -0.492 e. The van der Waals surface area contributed by atoms with E-state index in [4.69, 9.17) is 10.5 Å². The van der Waals surface area contributed by atoms with Crippen LogP contribution in [0.5, 0.6) is 5.75 Å². The van der Waals surface area contributed by atoms with Crippen molar-refractivity contribution in [2.45, 2.75) is 19.5 Å². The van der Waals surface area contributed by atoms with E-state index in [1.165, 1.54) is 6.07 Å². The van der Waals surface area contributed by atoms with Crippen molar-refractivity contribution in [2.75, 3.05) is 18.5 Å². The van der Waals surface area contributed by atoms with E-state index in [-0.39, 0.29) is 24.7 Å². The third kappa shape index (κ3) is 7.11. The summed E-state index contributed by atoms with van der Waals surface area (Å²) in [5.74, 6) is -0.102. The van der Waals surface area contributed by atoms with Crippen LogP contribution in [0.15, 0.2) is 48.5 Å².